The van der Waals surface area contributed by atoms with Gasteiger partial charge in [0.15, 0.2) is 0 Å². The van der Waals surface area contributed by atoms with Crippen molar-refractivity contribution < 1.29 is 12.8 Å². The van der Waals surface area contributed by atoms with Crippen molar-refractivity contribution in [3.8, 4) is 0 Å². The maximum atomic E-state index is 12.7. The van der Waals surface area contributed by atoms with Gasteiger partial charge in [0.05, 0.1) is 4.90 Å². The molecular formula is C14H17ClN4O3S. The van der Waals surface area contributed by atoms with E-state index in [-0.39, 0.29) is 4.90 Å². The van der Waals surface area contributed by atoms with Gasteiger partial charge in [-0.3, -0.25) is 0 Å². The van der Waals surface area contributed by atoms with Crippen LogP contribution in [0.1, 0.15) is 11.5 Å². The van der Waals surface area contributed by atoms with E-state index >= 15 is 0 Å². The van der Waals surface area contributed by atoms with E-state index in [1.807, 2.05) is 11.8 Å². The lowest BCUT2D eigenvalue weighted by atomic mass is 10.2. The zero-order valence-electron chi connectivity index (χ0n) is 12.9. The van der Waals surface area contributed by atoms with E-state index in [0.717, 1.165) is 5.56 Å². The van der Waals surface area contributed by atoms with Gasteiger partial charge in [0.2, 0.25) is 15.9 Å². The first-order valence-electron chi connectivity index (χ1n) is 7.19. The summed E-state index contributed by atoms with van der Waals surface area (Å²) < 4.78 is 32.2. The summed E-state index contributed by atoms with van der Waals surface area (Å²) in [6.45, 7) is 5.27. The summed E-state index contributed by atoms with van der Waals surface area (Å²) in [6.07, 6.45) is 0. The minimum absolute atomic E-state index is 0.218. The highest BCUT2D eigenvalue weighted by Gasteiger charge is 2.30. The second-order valence-electron chi connectivity index (χ2n) is 5.41. The van der Waals surface area contributed by atoms with Crippen LogP contribution in [-0.4, -0.2) is 49.1 Å². The van der Waals surface area contributed by atoms with Crippen LogP contribution in [-0.2, 0) is 10.0 Å². The van der Waals surface area contributed by atoms with Crippen molar-refractivity contribution in [2.45, 2.75) is 18.7 Å². The topological polar surface area (TPSA) is 79.5 Å². The van der Waals surface area contributed by atoms with Gasteiger partial charge < -0.3 is 9.32 Å². The molecule has 0 bridgehead atoms. The standard InChI is InChI=1S/C14H17ClN4O3S/c1-10-3-4-12(9-13(10)15)23(20,21)19-7-5-18(6-8-19)14-17-16-11(2)22-14/h3-4,9H,5-8H2,1-2H3. The summed E-state index contributed by atoms with van der Waals surface area (Å²) in [6, 6.07) is 5.23. The molecule has 0 radical (unpaired) electrons. The van der Waals surface area contributed by atoms with Gasteiger partial charge >= 0.3 is 6.01 Å². The lowest BCUT2D eigenvalue weighted by molar-refractivity contribution is 0.370. The van der Waals surface area contributed by atoms with Crippen molar-refractivity contribution in [2.75, 3.05) is 31.1 Å². The molecule has 9 heteroatoms. The van der Waals surface area contributed by atoms with E-state index in [4.69, 9.17) is 16.0 Å². The third-order valence-corrected chi connectivity index (χ3v) is 6.11. The molecule has 0 amide bonds. The van der Waals surface area contributed by atoms with E-state index in [2.05, 4.69) is 10.2 Å². The third-order valence-electron chi connectivity index (χ3n) is 3.81. The van der Waals surface area contributed by atoms with E-state index in [9.17, 15) is 8.42 Å². The highest BCUT2D eigenvalue weighted by molar-refractivity contribution is 7.89. The Balaban J connectivity index is 1.74. The van der Waals surface area contributed by atoms with Crippen molar-refractivity contribution in [2.24, 2.45) is 0 Å². The smallest absolute Gasteiger partial charge is 0.318 e. The van der Waals surface area contributed by atoms with Gasteiger partial charge in [0, 0.05) is 38.1 Å². The van der Waals surface area contributed by atoms with Crippen LogP contribution in [0, 0.1) is 13.8 Å². The van der Waals surface area contributed by atoms with Crippen LogP contribution in [0.5, 0.6) is 0 Å². The molecule has 0 aliphatic carbocycles. The van der Waals surface area contributed by atoms with Crippen LogP contribution >= 0.6 is 11.6 Å². The monoisotopic (exact) mass is 356 g/mol. The van der Waals surface area contributed by atoms with Gasteiger partial charge in [0.25, 0.3) is 0 Å². The summed E-state index contributed by atoms with van der Waals surface area (Å²) in [5.41, 5.74) is 0.849. The molecule has 124 valence electrons. The van der Waals surface area contributed by atoms with Crippen LogP contribution in [0.15, 0.2) is 27.5 Å². The number of hydrogen-bond donors (Lipinski definition) is 0. The number of piperazine rings is 1. The van der Waals surface area contributed by atoms with Crippen LogP contribution in [0.3, 0.4) is 0 Å². The van der Waals surface area contributed by atoms with E-state index in [1.54, 1.807) is 19.1 Å². The number of rotatable bonds is 3. The lowest BCUT2D eigenvalue weighted by Gasteiger charge is -2.32. The molecule has 1 aliphatic rings. The van der Waals surface area contributed by atoms with Crippen LogP contribution < -0.4 is 4.90 Å². The van der Waals surface area contributed by atoms with Crippen molar-refractivity contribution >= 4 is 27.6 Å². The van der Waals surface area contributed by atoms with Gasteiger partial charge in [-0.1, -0.05) is 22.8 Å². The Hall–Kier alpha value is -1.64. The SMILES string of the molecule is Cc1nnc(N2CCN(S(=O)(=O)c3ccc(C)c(Cl)c3)CC2)o1. The van der Waals surface area contributed by atoms with Crippen molar-refractivity contribution in [3.05, 3.63) is 34.7 Å². The number of nitrogens with zero attached hydrogens (tertiary/aromatic N) is 4. The largest absolute Gasteiger partial charge is 0.408 e. The fraction of sp³-hybridized carbons (Fsp3) is 0.429. The molecule has 2 heterocycles. The maximum absolute atomic E-state index is 12.7. The average Bonchev–Trinajstić information content (AvgIpc) is 2.96. The summed E-state index contributed by atoms with van der Waals surface area (Å²) in [7, 11) is -3.55. The molecule has 0 unspecified atom stereocenters. The number of aromatic nitrogens is 2. The predicted molar refractivity (Wildman–Crippen MR) is 86.2 cm³/mol. The highest BCUT2D eigenvalue weighted by atomic mass is 35.5. The van der Waals surface area contributed by atoms with Gasteiger partial charge in [-0.05, 0) is 24.6 Å². The normalized spacial score (nSPS) is 16.7. The molecule has 1 fully saturated rings. The summed E-state index contributed by atoms with van der Waals surface area (Å²) >= 11 is 6.05. The minimum Gasteiger partial charge on any atom is -0.408 e. The molecule has 1 aliphatic heterocycles. The zero-order chi connectivity index (χ0) is 16.6. The van der Waals surface area contributed by atoms with E-state index < -0.39 is 10.0 Å². The number of anilines is 1. The Bertz CT molecular complexity index is 813. The average molecular weight is 357 g/mol. The maximum Gasteiger partial charge on any atom is 0.318 e. The number of benzene rings is 1. The number of hydrogen-bond acceptors (Lipinski definition) is 6. The first kappa shape index (κ1) is 16.2. The molecule has 1 aromatic heterocycles. The molecule has 1 saturated heterocycles. The Morgan fingerprint density at radius 3 is 2.39 bits per heavy atom. The van der Waals surface area contributed by atoms with Crippen molar-refractivity contribution in [1.29, 1.82) is 0 Å². The number of aryl methyl sites for hydroxylation is 2. The first-order chi connectivity index (χ1) is 10.9. The molecule has 3 rings (SSSR count). The Morgan fingerprint density at radius 2 is 1.83 bits per heavy atom. The second kappa shape index (κ2) is 6.10. The molecule has 7 nitrogen and oxygen atoms in total. The molecule has 0 spiro atoms. The third kappa shape index (κ3) is 3.19. The molecular weight excluding hydrogens is 340 g/mol. The van der Waals surface area contributed by atoms with Crippen LogP contribution in [0.2, 0.25) is 5.02 Å². The second-order valence-corrected chi connectivity index (χ2v) is 7.75. The van der Waals surface area contributed by atoms with E-state index in [0.29, 0.717) is 43.1 Å². The fourth-order valence-electron chi connectivity index (χ4n) is 2.42. The van der Waals surface area contributed by atoms with Gasteiger partial charge in [-0.2, -0.15) is 4.31 Å². The Kier molecular flexibility index (Phi) is 4.31. The first-order valence-corrected chi connectivity index (χ1v) is 9.01. The van der Waals surface area contributed by atoms with Crippen molar-refractivity contribution in [3.63, 3.8) is 0 Å². The molecule has 0 atom stereocenters. The lowest BCUT2D eigenvalue weighted by Crippen LogP contribution is -2.48. The number of halogens is 1. The summed E-state index contributed by atoms with van der Waals surface area (Å²) in [5, 5.41) is 8.20. The van der Waals surface area contributed by atoms with Crippen LogP contribution in [0.4, 0.5) is 6.01 Å². The molecule has 2 aromatic rings. The Morgan fingerprint density at radius 1 is 1.13 bits per heavy atom. The molecule has 1 aromatic carbocycles. The van der Waals surface area contributed by atoms with Crippen LogP contribution in [0.25, 0.3) is 0 Å². The predicted octanol–water partition coefficient (Wildman–Crippen LogP) is 1.85. The zero-order valence-corrected chi connectivity index (χ0v) is 14.4. The molecule has 0 saturated carbocycles. The highest BCUT2D eigenvalue weighted by Crippen LogP contribution is 2.24. The van der Waals surface area contributed by atoms with Gasteiger partial charge in [-0.25, -0.2) is 8.42 Å². The van der Waals surface area contributed by atoms with Crippen molar-refractivity contribution in [1.82, 2.24) is 14.5 Å². The molecule has 0 N–H and O–H groups in total. The molecule has 23 heavy (non-hydrogen) atoms. The number of sulfonamides is 1. The Labute approximate surface area is 139 Å². The summed E-state index contributed by atoms with van der Waals surface area (Å²) in [5.74, 6) is 0.490. The fourth-order valence-corrected chi connectivity index (χ4v) is 4.11. The summed E-state index contributed by atoms with van der Waals surface area (Å²) in [4.78, 5) is 2.10. The van der Waals surface area contributed by atoms with E-state index in [1.165, 1.54) is 10.4 Å². The van der Waals surface area contributed by atoms with Gasteiger partial charge in [-0.15, -0.1) is 5.10 Å². The van der Waals surface area contributed by atoms with Gasteiger partial charge in [0.1, 0.15) is 0 Å². The minimum atomic E-state index is -3.55. The quantitative estimate of drug-likeness (QED) is 0.835.